The second-order valence-electron chi connectivity index (χ2n) is 5.48. The number of piperidine rings is 1. The van der Waals surface area contributed by atoms with Crippen molar-refractivity contribution < 1.29 is 13.6 Å². The summed E-state index contributed by atoms with van der Waals surface area (Å²) in [5.74, 6) is -1.43. The summed E-state index contributed by atoms with van der Waals surface area (Å²) in [5.41, 5.74) is 0.220. The number of nitrogens with zero attached hydrogens (tertiary/aromatic N) is 1. The lowest BCUT2D eigenvalue weighted by Gasteiger charge is -2.27. The topological polar surface area (TPSA) is 32.3 Å². The molecule has 1 aliphatic heterocycles. The molecule has 1 aromatic carbocycles. The zero-order valence-electron chi connectivity index (χ0n) is 11.9. The molecule has 1 atom stereocenters. The quantitative estimate of drug-likeness (QED) is 0.923. The summed E-state index contributed by atoms with van der Waals surface area (Å²) in [6, 6.07) is 2.06. The van der Waals surface area contributed by atoms with Gasteiger partial charge in [0, 0.05) is 19.7 Å². The van der Waals surface area contributed by atoms with E-state index in [1.807, 2.05) is 0 Å². The van der Waals surface area contributed by atoms with Gasteiger partial charge in [-0.2, -0.15) is 0 Å². The van der Waals surface area contributed by atoms with Crippen molar-refractivity contribution in [1.82, 2.24) is 10.2 Å². The lowest BCUT2D eigenvalue weighted by molar-refractivity contribution is 0.0760. The predicted molar refractivity (Wildman–Crippen MR) is 73.6 cm³/mol. The van der Waals surface area contributed by atoms with Crippen molar-refractivity contribution in [1.29, 1.82) is 0 Å². The van der Waals surface area contributed by atoms with Crippen LogP contribution >= 0.6 is 0 Å². The van der Waals surface area contributed by atoms with Gasteiger partial charge in [0.1, 0.15) is 11.6 Å². The molecule has 1 aliphatic rings. The Balaban J connectivity index is 2.08. The minimum atomic E-state index is -0.799. The number of hydrogen-bond donors (Lipinski definition) is 1. The summed E-state index contributed by atoms with van der Waals surface area (Å²) < 4.78 is 26.9. The number of halogens is 2. The first-order chi connectivity index (χ1) is 9.49. The van der Waals surface area contributed by atoms with E-state index in [0.717, 1.165) is 32.0 Å². The highest BCUT2D eigenvalue weighted by Gasteiger charge is 2.22. The lowest BCUT2D eigenvalue weighted by Crippen LogP contribution is -2.39. The fourth-order valence-corrected chi connectivity index (χ4v) is 2.58. The van der Waals surface area contributed by atoms with Crippen molar-refractivity contribution in [3.05, 3.63) is 34.9 Å². The van der Waals surface area contributed by atoms with E-state index in [1.165, 1.54) is 17.9 Å². The molecule has 20 heavy (non-hydrogen) atoms. The van der Waals surface area contributed by atoms with E-state index in [4.69, 9.17) is 0 Å². The zero-order chi connectivity index (χ0) is 14.7. The van der Waals surface area contributed by atoms with E-state index in [-0.39, 0.29) is 11.1 Å². The van der Waals surface area contributed by atoms with Crippen molar-refractivity contribution in [3.8, 4) is 0 Å². The molecular formula is C15H20F2N2O. The van der Waals surface area contributed by atoms with Crippen LogP contribution in [0.5, 0.6) is 0 Å². The third-order valence-corrected chi connectivity index (χ3v) is 3.76. The Morgan fingerprint density at radius 3 is 2.80 bits per heavy atom. The van der Waals surface area contributed by atoms with Gasteiger partial charge in [0.25, 0.3) is 5.91 Å². The standard InChI is InChI=1S/C15H20F2N2O/c1-10-6-12(14(17)7-13(10)16)15(20)19(2)9-11-4-3-5-18-8-11/h6-7,11,18H,3-5,8-9H2,1-2H3. The van der Waals surface area contributed by atoms with E-state index in [9.17, 15) is 13.6 Å². The number of amides is 1. The number of carbonyl (C=O) groups excluding carboxylic acids is 1. The molecule has 0 spiro atoms. The second-order valence-corrected chi connectivity index (χ2v) is 5.48. The van der Waals surface area contributed by atoms with Crippen molar-refractivity contribution in [3.63, 3.8) is 0 Å². The minimum Gasteiger partial charge on any atom is -0.341 e. The lowest BCUT2D eigenvalue weighted by atomic mass is 9.99. The first kappa shape index (κ1) is 14.9. The molecule has 0 radical (unpaired) electrons. The highest BCUT2D eigenvalue weighted by atomic mass is 19.1. The average molecular weight is 282 g/mol. The molecule has 1 saturated heterocycles. The van der Waals surface area contributed by atoms with Gasteiger partial charge in [-0.25, -0.2) is 8.78 Å². The molecule has 0 saturated carbocycles. The van der Waals surface area contributed by atoms with Crippen LogP contribution < -0.4 is 5.32 Å². The van der Waals surface area contributed by atoms with Crippen LogP contribution in [0.25, 0.3) is 0 Å². The molecule has 3 nitrogen and oxygen atoms in total. The van der Waals surface area contributed by atoms with Crippen LogP contribution in [-0.2, 0) is 0 Å². The van der Waals surface area contributed by atoms with Gasteiger partial charge < -0.3 is 10.2 Å². The maximum Gasteiger partial charge on any atom is 0.256 e. The highest BCUT2D eigenvalue weighted by Crippen LogP contribution is 2.17. The Morgan fingerprint density at radius 2 is 2.15 bits per heavy atom. The van der Waals surface area contributed by atoms with E-state index in [0.29, 0.717) is 12.5 Å². The van der Waals surface area contributed by atoms with Crippen molar-refractivity contribution in [2.45, 2.75) is 19.8 Å². The maximum absolute atomic E-state index is 13.7. The van der Waals surface area contributed by atoms with Gasteiger partial charge in [-0.05, 0) is 50.4 Å². The summed E-state index contributed by atoms with van der Waals surface area (Å²) in [6.07, 6.45) is 2.16. The molecule has 2 rings (SSSR count). The summed E-state index contributed by atoms with van der Waals surface area (Å²) in [4.78, 5) is 13.8. The van der Waals surface area contributed by atoms with Crippen LogP contribution in [0.4, 0.5) is 8.78 Å². The Labute approximate surface area is 118 Å². The molecule has 1 aromatic rings. The molecule has 110 valence electrons. The van der Waals surface area contributed by atoms with Crippen LogP contribution in [0.2, 0.25) is 0 Å². The molecule has 1 amide bonds. The molecule has 1 N–H and O–H groups in total. The first-order valence-electron chi connectivity index (χ1n) is 6.91. The molecule has 1 unspecified atom stereocenters. The maximum atomic E-state index is 13.7. The largest absolute Gasteiger partial charge is 0.341 e. The van der Waals surface area contributed by atoms with Crippen LogP contribution in [-0.4, -0.2) is 37.5 Å². The Morgan fingerprint density at radius 1 is 1.40 bits per heavy atom. The zero-order valence-corrected chi connectivity index (χ0v) is 11.9. The smallest absolute Gasteiger partial charge is 0.256 e. The Bertz CT molecular complexity index is 499. The third-order valence-electron chi connectivity index (χ3n) is 3.76. The normalized spacial score (nSPS) is 18.9. The molecule has 0 aliphatic carbocycles. The number of benzene rings is 1. The molecule has 0 aromatic heterocycles. The Kier molecular flexibility index (Phi) is 4.70. The number of hydrogen-bond acceptors (Lipinski definition) is 2. The van der Waals surface area contributed by atoms with Gasteiger partial charge in [-0.15, -0.1) is 0 Å². The summed E-state index contributed by atoms with van der Waals surface area (Å²) in [5, 5.41) is 3.29. The van der Waals surface area contributed by atoms with Crippen LogP contribution in [0, 0.1) is 24.5 Å². The average Bonchev–Trinajstić information content (AvgIpc) is 2.43. The van der Waals surface area contributed by atoms with Crippen molar-refractivity contribution >= 4 is 5.91 Å². The minimum absolute atomic E-state index is 0.0600. The number of nitrogens with one attached hydrogen (secondary N) is 1. The van der Waals surface area contributed by atoms with Crippen LogP contribution in [0.1, 0.15) is 28.8 Å². The fourth-order valence-electron chi connectivity index (χ4n) is 2.58. The van der Waals surface area contributed by atoms with Crippen molar-refractivity contribution in [2.24, 2.45) is 5.92 Å². The Hall–Kier alpha value is -1.49. The molecular weight excluding hydrogens is 262 g/mol. The van der Waals surface area contributed by atoms with E-state index >= 15 is 0 Å². The van der Waals surface area contributed by atoms with Gasteiger partial charge in [0.05, 0.1) is 5.56 Å². The van der Waals surface area contributed by atoms with Gasteiger partial charge in [-0.1, -0.05) is 0 Å². The summed E-state index contributed by atoms with van der Waals surface area (Å²) in [7, 11) is 1.66. The third kappa shape index (κ3) is 3.33. The SMILES string of the molecule is Cc1cc(C(=O)N(C)CC2CCCNC2)c(F)cc1F. The van der Waals surface area contributed by atoms with E-state index in [2.05, 4.69) is 5.32 Å². The molecule has 5 heteroatoms. The van der Waals surface area contributed by atoms with Crippen LogP contribution in [0.15, 0.2) is 12.1 Å². The van der Waals surface area contributed by atoms with Crippen LogP contribution in [0.3, 0.4) is 0 Å². The number of carbonyl (C=O) groups is 1. The van der Waals surface area contributed by atoms with E-state index in [1.54, 1.807) is 7.05 Å². The first-order valence-corrected chi connectivity index (χ1v) is 6.91. The van der Waals surface area contributed by atoms with Crippen molar-refractivity contribution in [2.75, 3.05) is 26.7 Å². The van der Waals surface area contributed by atoms with Gasteiger partial charge in [0.2, 0.25) is 0 Å². The fraction of sp³-hybridized carbons (Fsp3) is 0.533. The summed E-state index contributed by atoms with van der Waals surface area (Å²) in [6.45, 7) is 4.00. The molecule has 1 fully saturated rings. The monoisotopic (exact) mass is 282 g/mol. The van der Waals surface area contributed by atoms with Gasteiger partial charge >= 0.3 is 0 Å². The number of aryl methyl sites for hydroxylation is 1. The van der Waals surface area contributed by atoms with Gasteiger partial charge in [-0.3, -0.25) is 4.79 Å². The second kappa shape index (κ2) is 6.31. The predicted octanol–water partition coefficient (Wildman–Crippen LogP) is 2.34. The van der Waals surface area contributed by atoms with Gasteiger partial charge in [0.15, 0.2) is 0 Å². The summed E-state index contributed by atoms with van der Waals surface area (Å²) >= 11 is 0. The molecule has 0 bridgehead atoms. The van der Waals surface area contributed by atoms with E-state index < -0.39 is 17.5 Å². The number of rotatable bonds is 3. The highest BCUT2D eigenvalue weighted by molar-refractivity contribution is 5.94. The molecule has 1 heterocycles.